The summed E-state index contributed by atoms with van der Waals surface area (Å²) in [5, 5.41) is 8.19. The van der Waals surface area contributed by atoms with E-state index in [9.17, 15) is 4.79 Å². The van der Waals surface area contributed by atoms with Gasteiger partial charge in [-0.2, -0.15) is 0 Å². The van der Waals surface area contributed by atoms with E-state index >= 15 is 0 Å². The molecule has 1 amide bonds. The fourth-order valence-electron chi connectivity index (χ4n) is 3.03. The van der Waals surface area contributed by atoms with Crippen molar-refractivity contribution in [2.75, 3.05) is 13.7 Å². The molecule has 3 aromatic rings. The van der Waals surface area contributed by atoms with E-state index in [0.29, 0.717) is 37.7 Å². The quantitative estimate of drug-likeness (QED) is 0.566. The monoisotopic (exact) mass is 379 g/mol. The van der Waals surface area contributed by atoms with Gasteiger partial charge < -0.3 is 14.1 Å². The zero-order chi connectivity index (χ0) is 19.8. The molecule has 3 rings (SSSR count). The third-order valence-corrected chi connectivity index (χ3v) is 4.55. The molecule has 0 N–H and O–H groups in total. The molecular weight excluding hydrogens is 354 g/mol. The van der Waals surface area contributed by atoms with Crippen molar-refractivity contribution < 1.29 is 13.9 Å². The van der Waals surface area contributed by atoms with E-state index in [-0.39, 0.29) is 5.91 Å². The number of benzene rings is 2. The molecule has 0 radical (unpaired) electrons. The van der Waals surface area contributed by atoms with Crippen molar-refractivity contribution in [2.24, 2.45) is 0 Å². The lowest BCUT2D eigenvalue weighted by molar-refractivity contribution is -0.131. The maximum atomic E-state index is 12.6. The van der Waals surface area contributed by atoms with Crippen LogP contribution in [-0.4, -0.2) is 34.7 Å². The van der Waals surface area contributed by atoms with Crippen LogP contribution in [0.2, 0.25) is 0 Å². The van der Waals surface area contributed by atoms with Crippen molar-refractivity contribution >= 4 is 5.91 Å². The first-order chi connectivity index (χ1) is 13.7. The van der Waals surface area contributed by atoms with Crippen LogP contribution >= 0.6 is 0 Å². The molecule has 146 valence electrons. The number of hydrogen-bond donors (Lipinski definition) is 0. The van der Waals surface area contributed by atoms with E-state index in [2.05, 4.69) is 10.2 Å². The Morgan fingerprint density at radius 1 is 1.07 bits per heavy atom. The summed E-state index contributed by atoms with van der Waals surface area (Å²) in [6.45, 7) is 3.24. The first-order valence-electron chi connectivity index (χ1n) is 9.43. The van der Waals surface area contributed by atoms with Gasteiger partial charge >= 0.3 is 0 Å². The number of rotatable bonds is 9. The van der Waals surface area contributed by atoms with Crippen LogP contribution in [0.25, 0.3) is 0 Å². The fourth-order valence-corrected chi connectivity index (χ4v) is 3.03. The summed E-state index contributed by atoms with van der Waals surface area (Å²) in [6.07, 6.45) is 0.316. The molecule has 0 aliphatic carbocycles. The van der Waals surface area contributed by atoms with Crippen LogP contribution in [0.15, 0.2) is 65.1 Å². The smallest absolute Gasteiger partial charge is 0.249 e. The van der Waals surface area contributed by atoms with Crippen molar-refractivity contribution in [2.45, 2.75) is 32.4 Å². The Balaban J connectivity index is 1.59. The molecule has 0 aliphatic rings. The Morgan fingerprint density at radius 2 is 1.75 bits per heavy atom. The van der Waals surface area contributed by atoms with E-state index in [1.54, 1.807) is 7.11 Å². The molecule has 0 bridgehead atoms. The van der Waals surface area contributed by atoms with Gasteiger partial charge in [-0.25, -0.2) is 0 Å². The van der Waals surface area contributed by atoms with Gasteiger partial charge in [0.2, 0.25) is 17.7 Å². The van der Waals surface area contributed by atoms with E-state index < -0.39 is 6.10 Å². The van der Waals surface area contributed by atoms with Crippen LogP contribution in [-0.2, 0) is 22.5 Å². The molecule has 1 heterocycles. The van der Waals surface area contributed by atoms with Gasteiger partial charge in [-0.15, -0.1) is 10.2 Å². The van der Waals surface area contributed by atoms with Gasteiger partial charge in [-0.05, 0) is 18.1 Å². The van der Waals surface area contributed by atoms with Crippen molar-refractivity contribution in [1.82, 2.24) is 15.1 Å². The Hall–Kier alpha value is -2.99. The minimum absolute atomic E-state index is 0.0671. The lowest BCUT2D eigenvalue weighted by Gasteiger charge is -2.20. The lowest BCUT2D eigenvalue weighted by Crippen LogP contribution is -2.30. The standard InChI is InChI=1S/C22H25N3O3/c1-3-25(16-17-10-6-4-7-11-17)20(26)15-14-19-23-24-22(28-19)21(27-2)18-12-8-5-9-13-18/h4-13,21H,3,14-16H2,1-2H3/t21-/m0/s1. The number of hydrogen-bond acceptors (Lipinski definition) is 5. The summed E-state index contributed by atoms with van der Waals surface area (Å²) in [5.74, 6) is 0.905. The van der Waals surface area contributed by atoms with E-state index in [0.717, 1.165) is 11.1 Å². The summed E-state index contributed by atoms with van der Waals surface area (Å²) in [6, 6.07) is 19.7. The van der Waals surface area contributed by atoms with Crippen LogP contribution in [0, 0.1) is 0 Å². The Bertz CT molecular complexity index is 865. The fraction of sp³-hybridized carbons (Fsp3) is 0.318. The van der Waals surface area contributed by atoms with Gasteiger partial charge in [0.1, 0.15) is 0 Å². The number of nitrogens with zero attached hydrogens (tertiary/aromatic N) is 3. The normalized spacial score (nSPS) is 11.9. The summed E-state index contributed by atoms with van der Waals surface area (Å²) in [5.41, 5.74) is 2.06. The van der Waals surface area contributed by atoms with Gasteiger partial charge in [-0.1, -0.05) is 60.7 Å². The molecule has 0 aliphatic heterocycles. The maximum absolute atomic E-state index is 12.6. The summed E-state index contributed by atoms with van der Waals surface area (Å²) in [7, 11) is 1.60. The summed E-state index contributed by atoms with van der Waals surface area (Å²) >= 11 is 0. The van der Waals surface area contributed by atoms with Crippen LogP contribution in [0.3, 0.4) is 0 Å². The molecule has 0 unspecified atom stereocenters. The maximum Gasteiger partial charge on any atom is 0.249 e. The van der Waals surface area contributed by atoms with Crippen molar-refractivity contribution in [3.63, 3.8) is 0 Å². The highest BCUT2D eigenvalue weighted by molar-refractivity contribution is 5.76. The van der Waals surface area contributed by atoms with Gasteiger partial charge in [0.05, 0.1) is 0 Å². The van der Waals surface area contributed by atoms with Crippen LogP contribution in [0.5, 0.6) is 0 Å². The molecule has 0 fully saturated rings. The molecule has 0 saturated heterocycles. The first-order valence-corrected chi connectivity index (χ1v) is 9.43. The SMILES string of the molecule is CCN(Cc1ccccc1)C(=O)CCc1nnc([C@@H](OC)c2ccccc2)o1. The summed E-state index contributed by atoms with van der Waals surface area (Å²) < 4.78 is 11.3. The second kappa shape index (κ2) is 9.80. The zero-order valence-electron chi connectivity index (χ0n) is 16.2. The second-order valence-corrected chi connectivity index (χ2v) is 6.45. The molecule has 2 aromatic carbocycles. The van der Waals surface area contributed by atoms with Crippen LogP contribution < -0.4 is 0 Å². The first kappa shape index (κ1) is 19.8. The van der Waals surface area contributed by atoms with Crippen molar-refractivity contribution in [1.29, 1.82) is 0 Å². The number of carbonyl (C=O) groups excluding carboxylic acids is 1. The largest absolute Gasteiger partial charge is 0.422 e. The molecule has 0 saturated carbocycles. The van der Waals surface area contributed by atoms with E-state index in [4.69, 9.17) is 9.15 Å². The van der Waals surface area contributed by atoms with E-state index in [1.165, 1.54) is 0 Å². The zero-order valence-corrected chi connectivity index (χ0v) is 16.2. The third-order valence-electron chi connectivity index (χ3n) is 4.55. The average molecular weight is 379 g/mol. The van der Waals surface area contributed by atoms with Gasteiger partial charge in [0.25, 0.3) is 0 Å². The van der Waals surface area contributed by atoms with Crippen molar-refractivity contribution in [3.8, 4) is 0 Å². The molecule has 1 aromatic heterocycles. The number of aryl methyl sites for hydroxylation is 1. The summed E-state index contributed by atoms with van der Waals surface area (Å²) in [4.78, 5) is 14.4. The van der Waals surface area contributed by atoms with Crippen LogP contribution in [0.4, 0.5) is 0 Å². The highest BCUT2D eigenvalue weighted by atomic mass is 16.5. The topological polar surface area (TPSA) is 68.5 Å². The minimum Gasteiger partial charge on any atom is -0.422 e. The molecule has 28 heavy (non-hydrogen) atoms. The van der Waals surface area contributed by atoms with Gasteiger partial charge in [-0.3, -0.25) is 4.79 Å². The Kier molecular flexibility index (Phi) is 6.92. The molecule has 6 nitrogen and oxygen atoms in total. The van der Waals surface area contributed by atoms with Gasteiger partial charge in [0.15, 0.2) is 6.10 Å². The molecule has 6 heteroatoms. The second-order valence-electron chi connectivity index (χ2n) is 6.45. The van der Waals surface area contributed by atoms with Crippen molar-refractivity contribution in [3.05, 3.63) is 83.6 Å². The predicted octanol–water partition coefficient (Wildman–Crippen LogP) is 3.79. The average Bonchev–Trinajstić information content (AvgIpc) is 3.21. The lowest BCUT2D eigenvalue weighted by atomic mass is 10.1. The minimum atomic E-state index is -0.414. The number of ether oxygens (including phenoxy) is 1. The van der Waals surface area contributed by atoms with Gasteiger partial charge in [0, 0.05) is 33.0 Å². The Morgan fingerprint density at radius 3 is 2.39 bits per heavy atom. The molecule has 0 spiro atoms. The predicted molar refractivity (Wildman–Crippen MR) is 105 cm³/mol. The molecular formula is C22H25N3O3. The number of aromatic nitrogens is 2. The molecule has 1 atom stereocenters. The highest BCUT2D eigenvalue weighted by Crippen LogP contribution is 2.24. The number of carbonyl (C=O) groups is 1. The number of amides is 1. The third kappa shape index (κ3) is 5.04. The highest BCUT2D eigenvalue weighted by Gasteiger charge is 2.21. The van der Waals surface area contributed by atoms with E-state index in [1.807, 2.05) is 72.5 Å². The van der Waals surface area contributed by atoms with Crippen LogP contribution in [0.1, 0.15) is 42.4 Å². The Labute approximate surface area is 165 Å². The number of methoxy groups -OCH3 is 1.